The minimum Gasteiger partial charge on any atom is -0.493 e. The maximum absolute atomic E-state index is 13.0. The number of halogens is 1. The Morgan fingerprint density at radius 1 is 1.03 bits per heavy atom. The zero-order valence-corrected chi connectivity index (χ0v) is 21.0. The maximum Gasteiger partial charge on any atom is 0.203 e. The van der Waals surface area contributed by atoms with Crippen LogP contribution in [0.25, 0.3) is 11.3 Å². The van der Waals surface area contributed by atoms with Crippen molar-refractivity contribution in [3.63, 3.8) is 0 Å². The van der Waals surface area contributed by atoms with E-state index in [0.29, 0.717) is 48.2 Å². The third-order valence-electron chi connectivity index (χ3n) is 5.73. The number of rotatable bonds is 7. The monoisotopic (exact) mass is 508 g/mol. The van der Waals surface area contributed by atoms with E-state index in [4.69, 9.17) is 30.8 Å². The van der Waals surface area contributed by atoms with Crippen LogP contribution in [0.4, 0.5) is 5.13 Å². The van der Waals surface area contributed by atoms with Gasteiger partial charge in [0.25, 0.3) is 0 Å². The summed E-state index contributed by atoms with van der Waals surface area (Å²) in [7, 11) is 1.31. The van der Waals surface area contributed by atoms with E-state index in [-0.39, 0.29) is 4.90 Å². The van der Waals surface area contributed by atoms with Crippen LogP contribution < -0.4 is 19.1 Å². The van der Waals surface area contributed by atoms with Crippen molar-refractivity contribution in [1.29, 1.82) is 0 Å². The van der Waals surface area contributed by atoms with Gasteiger partial charge in [0.05, 0.1) is 37.2 Å². The van der Waals surface area contributed by atoms with Gasteiger partial charge in [-0.25, -0.2) is 13.4 Å². The minimum atomic E-state index is -3.42. The van der Waals surface area contributed by atoms with Crippen molar-refractivity contribution in [3.05, 3.63) is 46.8 Å². The number of nitrogens with zero attached hydrogens (tertiary/aromatic N) is 2. The zero-order chi connectivity index (χ0) is 23.6. The van der Waals surface area contributed by atoms with Crippen molar-refractivity contribution in [2.24, 2.45) is 0 Å². The second-order valence-corrected chi connectivity index (χ2v) is 11.1. The van der Waals surface area contributed by atoms with Crippen molar-refractivity contribution < 1.29 is 22.6 Å². The van der Waals surface area contributed by atoms with Gasteiger partial charge in [-0.2, -0.15) is 0 Å². The number of sulfone groups is 1. The average Bonchev–Trinajstić information content (AvgIpc) is 3.33. The van der Waals surface area contributed by atoms with Crippen molar-refractivity contribution >= 4 is 37.9 Å². The van der Waals surface area contributed by atoms with Crippen LogP contribution in [-0.4, -0.2) is 53.1 Å². The van der Waals surface area contributed by atoms with Crippen LogP contribution in [0.15, 0.2) is 46.7 Å². The Morgan fingerprint density at radius 3 is 2.27 bits per heavy atom. The van der Waals surface area contributed by atoms with Crippen LogP contribution in [0, 0.1) is 0 Å². The second-order valence-electron chi connectivity index (χ2n) is 7.62. The summed E-state index contributed by atoms with van der Waals surface area (Å²) in [5, 5.41) is 2.83. The fourth-order valence-corrected chi connectivity index (χ4v) is 6.88. The highest BCUT2D eigenvalue weighted by Gasteiger charge is 2.32. The van der Waals surface area contributed by atoms with Gasteiger partial charge in [0.1, 0.15) is 0 Å². The van der Waals surface area contributed by atoms with Crippen LogP contribution in [0.3, 0.4) is 0 Å². The molecule has 2 aromatic carbocycles. The molecule has 2 heterocycles. The van der Waals surface area contributed by atoms with Gasteiger partial charge in [-0.1, -0.05) is 17.7 Å². The largest absolute Gasteiger partial charge is 0.493 e. The summed E-state index contributed by atoms with van der Waals surface area (Å²) in [4.78, 5) is 7.21. The lowest BCUT2D eigenvalue weighted by Crippen LogP contribution is -2.39. The highest BCUT2D eigenvalue weighted by atomic mass is 35.5. The lowest BCUT2D eigenvalue weighted by Gasteiger charge is -2.31. The Labute approximate surface area is 202 Å². The first-order valence-corrected chi connectivity index (χ1v) is 13.2. The van der Waals surface area contributed by atoms with Crippen LogP contribution in [-0.2, 0) is 9.84 Å². The molecule has 0 aliphatic carbocycles. The molecule has 7 nitrogen and oxygen atoms in total. The molecule has 10 heteroatoms. The molecule has 0 amide bonds. The molecular formula is C23H25ClN2O5S2. The summed E-state index contributed by atoms with van der Waals surface area (Å²) >= 11 is 7.53. The number of thiazole rings is 1. The normalized spacial score (nSPS) is 14.8. The first kappa shape index (κ1) is 23.7. The average molecular weight is 509 g/mol. The number of ether oxygens (including phenoxy) is 3. The number of methoxy groups -OCH3 is 3. The third-order valence-corrected chi connectivity index (χ3v) is 9.13. The Morgan fingerprint density at radius 2 is 1.70 bits per heavy atom. The fraction of sp³-hybridized carbons (Fsp3) is 0.348. The highest BCUT2D eigenvalue weighted by Crippen LogP contribution is 2.42. The molecule has 1 fully saturated rings. The van der Waals surface area contributed by atoms with E-state index < -0.39 is 15.1 Å². The molecule has 0 radical (unpaired) electrons. The minimum absolute atomic E-state index is 0.285. The molecule has 4 rings (SSSR count). The Hall–Kier alpha value is -2.49. The van der Waals surface area contributed by atoms with Crippen molar-refractivity contribution in [1.82, 2.24) is 4.98 Å². The SMILES string of the molecule is COc1cc(-c2csc(N3CCC(S(=O)(=O)c4cccc(Cl)c4)CC3)n2)cc(OC)c1OC. The Balaban J connectivity index is 1.50. The van der Waals surface area contributed by atoms with Gasteiger partial charge >= 0.3 is 0 Å². The lowest BCUT2D eigenvalue weighted by atomic mass is 10.1. The van der Waals surface area contributed by atoms with Gasteiger partial charge in [0, 0.05) is 29.1 Å². The molecule has 0 spiro atoms. The molecule has 0 N–H and O–H groups in total. The van der Waals surface area contributed by atoms with Crippen molar-refractivity contribution in [2.45, 2.75) is 23.0 Å². The van der Waals surface area contributed by atoms with Crippen molar-refractivity contribution in [3.8, 4) is 28.5 Å². The van der Waals surface area contributed by atoms with E-state index >= 15 is 0 Å². The molecule has 1 saturated heterocycles. The van der Waals surface area contributed by atoms with Crippen molar-refractivity contribution in [2.75, 3.05) is 39.3 Å². The summed E-state index contributed by atoms with van der Waals surface area (Å²) < 4.78 is 42.3. The number of hydrogen-bond donors (Lipinski definition) is 0. The van der Waals surface area contributed by atoms with E-state index in [9.17, 15) is 8.42 Å². The predicted molar refractivity (Wildman–Crippen MR) is 131 cm³/mol. The quantitative estimate of drug-likeness (QED) is 0.447. The first-order valence-electron chi connectivity index (χ1n) is 10.4. The molecular weight excluding hydrogens is 484 g/mol. The van der Waals surface area contributed by atoms with Crippen LogP contribution in [0.1, 0.15) is 12.8 Å². The summed E-state index contributed by atoms with van der Waals surface area (Å²) in [5.41, 5.74) is 1.65. The Kier molecular flexibility index (Phi) is 7.02. The third kappa shape index (κ3) is 4.76. The van der Waals surface area contributed by atoms with E-state index in [2.05, 4.69) is 4.90 Å². The van der Waals surface area contributed by atoms with Gasteiger partial charge in [0.15, 0.2) is 26.5 Å². The number of aromatic nitrogens is 1. The fourth-order valence-electron chi connectivity index (χ4n) is 3.96. The summed E-state index contributed by atoms with van der Waals surface area (Å²) in [6.45, 7) is 1.24. The second kappa shape index (κ2) is 9.79. The van der Waals surface area contributed by atoms with Crippen LogP contribution in [0.2, 0.25) is 5.02 Å². The molecule has 0 saturated carbocycles. The van der Waals surface area contributed by atoms with Crippen LogP contribution in [0.5, 0.6) is 17.2 Å². The molecule has 1 aliphatic heterocycles. The molecule has 1 aliphatic rings. The summed E-state index contributed by atoms with van der Waals surface area (Å²) in [6, 6.07) is 10.2. The molecule has 176 valence electrons. The van der Waals surface area contributed by atoms with E-state index in [1.807, 2.05) is 17.5 Å². The molecule has 33 heavy (non-hydrogen) atoms. The van der Waals surface area contributed by atoms with Gasteiger partial charge in [0.2, 0.25) is 5.75 Å². The number of hydrogen-bond acceptors (Lipinski definition) is 8. The summed E-state index contributed by atoms with van der Waals surface area (Å²) in [5.74, 6) is 1.66. The van der Waals surface area contributed by atoms with E-state index in [1.54, 1.807) is 39.5 Å². The number of anilines is 1. The van der Waals surface area contributed by atoms with Gasteiger partial charge < -0.3 is 19.1 Å². The first-order chi connectivity index (χ1) is 15.9. The standard InChI is InChI=1S/C23H25ClN2O5S2/c1-29-20-11-15(12-21(30-2)22(20)31-3)19-14-32-23(25-19)26-9-7-17(8-10-26)33(27,28)18-6-4-5-16(24)13-18/h4-6,11-14,17H,7-10H2,1-3H3. The lowest BCUT2D eigenvalue weighted by molar-refractivity contribution is 0.324. The van der Waals surface area contributed by atoms with E-state index in [0.717, 1.165) is 16.4 Å². The van der Waals surface area contributed by atoms with Gasteiger partial charge in [-0.15, -0.1) is 11.3 Å². The smallest absolute Gasteiger partial charge is 0.203 e. The summed E-state index contributed by atoms with van der Waals surface area (Å²) in [6.07, 6.45) is 1.07. The molecule has 3 aromatic rings. The Bertz CT molecular complexity index is 1210. The van der Waals surface area contributed by atoms with E-state index in [1.165, 1.54) is 17.4 Å². The number of piperidine rings is 1. The predicted octanol–water partition coefficient (Wildman–Crippen LogP) is 4.93. The molecule has 0 unspecified atom stereocenters. The zero-order valence-electron chi connectivity index (χ0n) is 18.6. The van der Waals surface area contributed by atoms with Gasteiger partial charge in [-0.05, 0) is 43.2 Å². The highest BCUT2D eigenvalue weighted by molar-refractivity contribution is 7.92. The molecule has 0 bridgehead atoms. The molecule has 1 aromatic heterocycles. The van der Waals surface area contributed by atoms with Gasteiger partial charge in [-0.3, -0.25) is 0 Å². The number of benzene rings is 2. The molecule has 0 atom stereocenters. The topological polar surface area (TPSA) is 78.0 Å². The van der Waals surface area contributed by atoms with Crippen LogP contribution >= 0.6 is 22.9 Å². The maximum atomic E-state index is 13.0.